The van der Waals surface area contributed by atoms with Crippen molar-refractivity contribution >= 4 is 24.8 Å². The van der Waals surface area contributed by atoms with Crippen LogP contribution in [0.3, 0.4) is 0 Å². The second kappa shape index (κ2) is 21.8. The van der Waals surface area contributed by atoms with Crippen LogP contribution >= 0.6 is 0 Å². The first kappa shape index (κ1) is 35.1. The number of rotatable bonds is 15. The molecule has 0 bridgehead atoms. The fourth-order valence-electron chi connectivity index (χ4n) is 3.26. The average Bonchev–Trinajstić information content (AvgIpc) is 3.06. The minimum atomic E-state index is -0.368. The summed E-state index contributed by atoms with van der Waals surface area (Å²) in [5.41, 5.74) is 2.03. The summed E-state index contributed by atoms with van der Waals surface area (Å²) in [6.45, 7) is 4.42. The highest BCUT2D eigenvalue weighted by atomic mass is 16.5. The van der Waals surface area contributed by atoms with Gasteiger partial charge in [0.25, 0.3) is 0 Å². The van der Waals surface area contributed by atoms with Gasteiger partial charge in [-0.15, -0.1) is 0 Å². The number of methoxy groups -OCH3 is 3. The number of nitrogens with one attached hydrogen (secondary N) is 1. The normalized spacial score (nSPS) is 9.40. The van der Waals surface area contributed by atoms with E-state index < -0.39 is 0 Å². The van der Waals surface area contributed by atoms with Gasteiger partial charge in [-0.1, -0.05) is 6.58 Å². The Kier molecular flexibility index (Phi) is 18.3. The van der Waals surface area contributed by atoms with Gasteiger partial charge in [-0.2, -0.15) is 0 Å². The minimum Gasteiger partial charge on any atom is -0.497 e. The van der Waals surface area contributed by atoms with Crippen molar-refractivity contribution in [3.63, 3.8) is 0 Å². The van der Waals surface area contributed by atoms with Crippen LogP contribution in [0.2, 0.25) is 0 Å². The molecule has 0 spiro atoms. The summed E-state index contributed by atoms with van der Waals surface area (Å²) in [5.74, 6) is 2.59. The van der Waals surface area contributed by atoms with E-state index in [-0.39, 0.29) is 5.97 Å². The number of carbonyl (C=O) groups is 3. The van der Waals surface area contributed by atoms with Crippen molar-refractivity contribution in [3.8, 4) is 23.0 Å². The van der Waals surface area contributed by atoms with Crippen molar-refractivity contribution in [3.05, 3.63) is 96.1 Å². The molecule has 224 valence electrons. The molecule has 1 N–H and O–H groups in total. The van der Waals surface area contributed by atoms with Gasteiger partial charge in [0.15, 0.2) is 0 Å². The number of aldehydes is 2. The molecular weight excluding hydrogens is 538 g/mol. The first-order valence-corrected chi connectivity index (χ1v) is 13.2. The molecule has 0 heterocycles. The predicted molar refractivity (Wildman–Crippen MR) is 163 cm³/mol. The Hall–Kier alpha value is -4.92. The van der Waals surface area contributed by atoms with Gasteiger partial charge in [0.1, 0.15) is 35.6 Å². The van der Waals surface area contributed by atoms with Crippen LogP contribution in [-0.4, -0.2) is 59.3 Å². The Bertz CT molecular complexity index is 1220. The lowest BCUT2D eigenvalue weighted by Gasteiger charge is -2.06. The molecule has 42 heavy (non-hydrogen) atoms. The maximum absolute atomic E-state index is 10.8. The highest BCUT2D eigenvalue weighted by molar-refractivity contribution is 5.82. The number of unbranched alkanes of at least 4 members (excludes halogenated alkanes) is 3. The third-order valence-corrected chi connectivity index (χ3v) is 5.58. The van der Waals surface area contributed by atoms with E-state index in [0.717, 1.165) is 61.1 Å². The molecule has 0 unspecified atom stereocenters. The monoisotopic (exact) mass is 577 g/mol. The highest BCUT2D eigenvalue weighted by Crippen LogP contribution is 2.21. The van der Waals surface area contributed by atoms with Crippen molar-refractivity contribution in [2.45, 2.75) is 25.7 Å². The summed E-state index contributed by atoms with van der Waals surface area (Å²) in [7, 11) is 4.76. The summed E-state index contributed by atoms with van der Waals surface area (Å²) in [4.78, 5) is 31.4. The van der Waals surface area contributed by atoms with E-state index in [2.05, 4.69) is 6.58 Å². The van der Waals surface area contributed by atoms with Gasteiger partial charge in [0, 0.05) is 29.0 Å². The van der Waals surface area contributed by atoms with Crippen LogP contribution in [0, 0.1) is 5.41 Å². The average molecular weight is 578 g/mol. The lowest BCUT2D eigenvalue weighted by atomic mass is 10.2. The van der Waals surface area contributed by atoms with Gasteiger partial charge >= 0.3 is 5.97 Å². The van der Waals surface area contributed by atoms with E-state index in [0.29, 0.717) is 30.1 Å². The molecule has 0 aliphatic rings. The second-order valence-electron chi connectivity index (χ2n) is 8.46. The molecule has 0 saturated carbocycles. The molecule has 3 rings (SSSR count). The van der Waals surface area contributed by atoms with Crippen molar-refractivity contribution in [2.75, 3.05) is 34.5 Å². The SMILES string of the molecule is C=CC(=O)OCCCCCCOc1ccc(C=O)cc1.COc1ccc(C=O)cc1.COc1ccc(OC)c(C=N)c1. The smallest absolute Gasteiger partial charge is 0.330 e. The Morgan fingerprint density at radius 2 is 1.24 bits per heavy atom. The number of carbonyl (C=O) groups excluding carboxylic acids is 3. The van der Waals surface area contributed by atoms with Crippen LogP contribution < -0.4 is 18.9 Å². The molecule has 0 aromatic heterocycles. The largest absolute Gasteiger partial charge is 0.497 e. The number of esters is 1. The third kappa shape index (κ3) is 14.5. The second-order valence-corrected chi connectivity index (χ2v) is 8.46. The van der Waals surface area contributed by atoms with Crippen LogP contribution in [-0.2, 0) is 9.53 Å². The van der Waals surface area contributed by atoms with E-state index in [1.165, 1.54) is 12.3 Å². The van der Waals surface area contributed by atoms with E-state index in [1.54, 1.807) is 88.1 Å². The number of ether oxygens (including phenoxy) is 5. The summed E-state index contributed by atoms with van der Waals surface area (Å²) < 4.78 is 25.3. The topological polar surface area (TPSA) is 121 Å². The summed E-state index contributed by atoms with van der Waals surface area (Å²) >= 11 is 0. The van der Waals surface area contributed by atoms with E-state index in [4.69, 9.17) is 29.1 Å². The zero-order valence-corrected chi connectivity index (χ0v) is 24.4. The van der Waals surface area contributed by atoms with Crippen LogP contribution in [0.25, 0.3) is 0 Å². The molecule has 9 heteroatoms. The Morgan fingerprint density at radius 3 is 1.71 bits per heavy atom. The molecule has 3 aromatic carbocycles. The van der Waals surface area contributed by atoms with E-state index in [1.807, 2.05) is 0 Å². The van der Waals surface area contributed by atoms with Crippen LogP contribution in [0.5, 0.6) is 23.0 Å². The lowest BCUT2D eigenvalue weighted by Crippen LogP contribution is -2.02. The fourth-order valence-corrected chi connectivity index (χ4v) is 3.26. The molecule has 0 amide bonds. The Balaban J connectivity index is 0.000000341. The van der Waals surface area contributed by atoms with Crippen molar-refractivity contribution in [1.29, 1.82) is 5.41 Å². The molecular formula is C33H39NO8. The highest BCUT2D eigenvalue weighted by Gasteiger charge is 2.01. The first-order valence-electron chi connectivity index (χ1n) is 13.2. The van der Waals surface area contributed by atoms with Gasteiger partial charge < -0.3 is 29.1 Å². The number of benzene rings is 3. The van der Waals surface area contributed by atoms with Gasteiger partial charge in [-0.25, -0.2) is 4.79 Å². The standard InChI is InChI=1S/C16H20O4.C9H11NO2.C8H8O2/c1-2-16(18)20-12-6-4-3-5-11-19-15-9-7-14(13-17)8-10-15;1-11-8-3-4-9(12-2)7(5-8)6-10;1-10-8-4-2-7(6-9)3-5-8/h2,7-10,13H,1,3-6,11-12H2;3-6,10H,1-2H3;2-6H,1H3. The van der Waals surface area contributed by atoms with Crippen LogP contribution in [0.4, 0.5) is 0 Å². The predicted octanol–water partition coefficient (Wildman–Crippen LogP) is 6.38. The zero-order chi connectivity index (χ0) is 31.0. The Labute approximate surface area is 247 Å². The van der Waals surface area contributed by atoms with Crippen molar-refractivity contribution in [1.82, 2.24) is 0 Å². The molecule has 0 fully saturated rings. The maximum Gasteiger partial charge on any atom is 0.330 e. The molecule has 0 radical (unpaired) electrons. The quantitative estimate of drug-likeness (QED) is 0.0726. The van der Waals surface area contributed by atoms with Crippen molar-refractivity contribution < 1.29 is 38.1 Å². The van der Waals surface area contributed by atoms with Crippen LogP contribution in [0.15, 0.2) is 79.4 Å². The van der Waals surface area contributed by atoms with Gasteiger partial charge in [0.2, 0.25) is 0 Å². The van der Waals surface area contributed by atoms with Gasteiger partial charge in [-0.05, 0) is 92.4 Å². The van der Waals surface area contributed by atoms with E-state index >= 15 is 0 Å². The molecule has 0 aliphatic carbocycles. The molecule has 9 nitrogen and oxygen atoms in total. The lowest BCUT2D eigenvalue weighted by molar-refractivity contribution is -0.137. The minimum absolute atomic E-state index is 0.368. The molecule has 0 atom stereocenters. The Morgan fingerprint density at radius 1 is 0.714 bits per heavy atom. The van der Waals surface area contributed by atoms with Crippen molar-refractivity contribution in [2.24, 2.45) is 0 Å². The third-order valence-electron chi connectivity index (χ3n) is 5.58. The molecule has 3 aromatic rings. The molecule has 0 saturated heterocycles. The zero-order valence-electron chi connectivity index (χ0n) is 24.4. The van der Waals surface area contributed by atoms with Crippen LogP contribution in [0.1, 0.15) is 52.0 Å². The van der Waals surface area contributed by atoms with E-state index in [9.17, 15) is 14.4 Å². The first-order chi connectivity index (χ1) is 20.4. The number of hydrogen-bond acceptors (Lipinski definition) is 9. The van der Waals surface area contributed by atoms with Gasteiger partial charge in [0.05, 0.1) is 34.5 Å². The summed E-state index contributed by atoms with van der Waals surface area (Å²) in [5, 5.41) is 7.10. The molecule has 0 aliphatic heterocycles. The maximum atomic E-state index is 10.8. The number of hydrogen-bond donors (Lipinski definition) is 1. The fraction of sp³-hybridized carbons (Fsp3) is 0.273. The van der Waals surface area contributed by atoms with Gasteiger partial charge in [-0.3, -0.25) is 9.59 Å². The summed E-state index contributed by atoms with van der Waals surface area (Å²) in [6, 6.07) is 19.3. The summed E-state index contributed by atoms with van der Waals surface area (Å²) in [6.07, 6.45) is 7.85.